The summed E-state index contributed by atoms with van der Waals surface area (Å²) in [7, 11) is 0. The number of carbonyl (C=O) groups is 2. The summed E-state index contributed by atoms with van der Waals surface area (Å²) < 4.78 is 0. The van der Waals surface area contributed by atoms with Crippen molar-refractivity contribution in [2.24, 2.45) is 0 Å². The smallest absolute Gasteiger partial charge is 0.336 e. The fraction of sp³-hybridized carbons (Fsp3) is 0.385. The number of rotatable bonds is 4. The van der Waals surface area contributed by atoms with Crippen molar-refractivity contribution in [2.75, 3.05) is 6.61 Å². The Balaban J connectivity index is 3.72. The molecule has 0 aliphatic rings. The zero-order chi connectivity index (χ0) is 14.1. The van der Waals surface area contributed by atoms with Gasteiger partial charge < -0.3 is 15.3 Å². The lowest BCUT2D eigenvalue weighted by molar-refractivity contribution is 0.0689. The highest BCUT2D eigenvalue weighted by Crippen LogP contribution is 2.31. The zero-order valence-electron chi connectivity index (χ0n) is 10.5. The molecular formula is C13H16O5. The van der Waals surface area contributed by atoms with Crippen LogP contribution in [-0.4, -0.2) is 33.9 Å². The molecule has 1 aromatic rings. The van der Waals surface area contributed by atoms with Gasteiger partial charge >= 0.3 is 11.9 Å². The van der Waals surface area contributed by atoms with E-state index in [4.69, 9.17) is 0 Å². The van der Waals surface area contributed by atoms with Crippen LogP contribution in [0.1, 0.15) is 45.7 Å². The molecule has 0 saturated heterocycles. The van der Waals surface area contributed by atoms with Crippen LogP contribution in [0.25, 0.3) is 0 Å². The van der Waals surface area contributed by atoms with E-state index in [0.29, 0.717) is 5.56 Å². The average molecular weight is 252 g/mol. The highest BCUT2D eigenvalue weighted by molar-refractivity contribution is 5.97. The number of hydrogen-bond donors (Lipinski definition) is 3. The number of carboxylic acid groups (broad SMARTS) is 2. The molecule has 0 radical (unpaired) electrons. The van der Waals surface area contributed by atoms with Gasteiger partial charge in [0, 0.05) is 5.41 Å². The Morgan fingerprint density at radius 1 is 1.11 bits per heavy atom. The molecule has 0 heterocycles. The number of aryl methyl sites for hydroxylation is 1. The number of carboxylic acids is 2. The maximum Gasteiger partial charge on any atom is 0.336 e. The summed E-state index contributed by atoms with van der Waals surface area (Å²) in [6.45, 7) is 4.51. The molecule has 0 aromatic heterocycles. The van der Waals surface area contributed by atoms with E-state index in [-0.39, 0.29) is 23.3 Å². The molecule has 98 valence electrons. The fourth-order valence-corrected chi connectivity index (χ4v) is 1.93. The Hall–Kier alpha value is -1.88. The largest absolute Gasteiger partial charge is 0.478 e. The van der Waals surface area contributed by atoms with E-state index >= 15 is 0 Å². The number of aliphatic hydroxyl groups is 1. The highest BCUT2D eigenvalue weighted by atomic mass is 16.4. The van der Waals surface area contributed by atoms with Crippen LogP contribution in [-0.2, 0) is 5.41 Å². The molecule has 0 saturated carbocycles. The summed E-state index contributed by atoms with van der Waals surface area (Å²) in [5.41, 5.74) is -0.384. The van der Waals surface area contributed by atoms with Crippen LogP contribution in [0.3, 0.4) is 0 Å². The molecule has 1 aromatic carbocycles. The van der Waals surface area contributed by atoms with Crippen molar-refractivity contribution in [3.63, 3.8) is 0 Å². The molecule has 0 atom stereocenters. The minimum absolute atomic E-state index is 0.0774. The summed E-state index contributed by atoms with van der Waals surface area (Å²) in [6.07, 6.45) is 0. The maximum atomic E-state index is 11.2. The molecule has 0 spiro atoms. The van der Waals surface area contributed by atoms with Gasteiger partial charge in [-0.15, -0.1) is 0 Å². The van der Waals surface area contributed by atoms with E-state index in [1.165, 1.54) is 12.1 Å². The first kappa shape index (κ1) is 14.2. The summed E-state index contributed by atoms with van der Waals surface area (Å²) in [5.74, 6) is -2.39. The Kier molecular flexibility index (Phi) is 3.76. The average Bonchev–Trinajstić information content (AvgIpc) is 2.27. The summed E-state index contributed by atoms with van der Waals surface area (Å²) in [4.78, 5) is 22.5. The van der Waals surface area contributed by atoms with Crippen molar-refractivity contribution in [1.82, 2.24) is 0 Å². The highest BCUT2D eigenvalue weighted by Gasteiger charge is 2.31. The molecule has 18 heavy (non-hydrogen) atoms. The van der Waals surface area contributed by atoms with Gasteiger partial charge in [0.05, 0.1) is 17.7 Å². The van der Waals surface area contributed by atoms with Gasteiger partial charge in [-0.3, -0.25) is 0 Å². The first-order valence-corrected chi connectivity index (χ1v) is 5.43. The lowest BCUT2D eigenvalue weighted by Gasteiger charge is -2.26. The van der Waals surface area contributed by atoms with Crippen LogP contribution in [0.2, 0.25) is 0 Å². The molecule has 0 aliphatic heterocycles. The van der Waals surface area contributed by atoms with Crippen LogP contribution >= 0.6 is 0 Å². The quantitative estimate of drug-likeness (QED) is 0.757. The number of aliphatic hydroxyl groups excluding tert-OH is 1. The molecule has 0 fully saturated rings. The molecule has 1 rings (SSSR count). The molecule has 0 bridgehead atoms. The maximum absolute atomic E-state index is 11.2. The normalized spacial score (nSPS) is 11.3. The second-order valence-electron chi connectivity index (χ2n) is 4.89. The van der Waals surface area contributed by atoms with Crippen LogP contribution < -0.4 is 0 Å². The van der Waals surface area contributed by atoms with Crippen molar-refractivity contribution in [3.8, 4) is 0 Å². The Morgan fingerprint density at radius 2 is 1.50 bits per heavy atom. The molecule has 3 N–H and O–H groups in total. The van der Waals surface area contributed by atoms with Crippen molar-refractivity contribution >= 4 is 11.9 Å². The van der Waals surface area contributed by atoms with Crippen LogP contribution in [0.15, 0.2) is 12.1 Å². The Labute approximate surface area is 105 Å². The summed E-state index contributed by atoms with van der Waals surface area (Å²) in [6, 6.07) is 2.84. The Bertz CT molecular complexity index is 467. The monoisotopic (exact) mass is 252 g/mol. The zero-order valence-corrected chi connectivity index (χ0v) is 10.5. The van der Waals surface area contributed by atoms with Crippen LogP contribution in [0.5, 0.6) is 0 Å². The topological polar surface area (TPSA) is 94.8 Å². The second-order valence-corrected chi connectivity index (χ2v) is 4.89. The molecule has 5 nitrogen and oxygen atoms in total. The third-order valence-corrected chi connectivity index (χ3v) is 2.82. The van der Waals surface area contributed by atoms with Crippen molar-refractivity contribution in [1.29, 1.82) is 0 Å². The van der Waals surface area contributed by atoms with E-state index in [1.807, 2.05) is 0 Å². The number of hydrogen-bond acceptors (Lipinski definition) is 3. The summed E-state index contributed by atoms with van der Waals surface area (Å²) in [5, 5.41) is 27.7. The van der Waals surface area contributed by atoms with E-state index in [0.717, 1.165) is 0 Å². The van der Waals surface area contributed by atoms with E-state index in [1.54, 1.807) is 20.8 Å². The van der Waals surface area contributed by atoms with E-state index in [2.05, 4.69) is 0 Å². The first-order chi connectivity index (χ1) is 8.20. The van der Waals surface area contributed by atoms with Gasteiger partial charge in [0.15, 0.2) is 0 Å². The third-order valence-electron chi connectivity index (χ3n) is 2.82. The van der Waals surface area contributed by atoms with Gasteiger partial charge in [0.25, 0.3) is 0 Å². The van der Waals surface area contributed by atoms with Gasteiger partial charge in [0.2, 0.25) is 0 Å². The van der Waals surface area contributed by atoms with Gasteiger partial charge in [-0.25, -0.2) is 9.59 Å². The molecule has 0 amide bonds. The van der Waals surface area contributed by atoms with Gasteiger partial charge in [-0.1, -0.05) is 13.8 Å². The van der Waals surface area contributed by atoms with Crippen molar-refractivity contribution in [2.45, 2.75) is 26.2 Å². The predicted octanol–water partition coefficient (Wildman–Crippen LogP) is 1.66. The molecule has 5 heteroatoms. The van der Waals surface area contributed by atoms with Gasteiger partial charge in [-0.05, 0) is 30.2 Å². The standard InChI is InChI=1S/C13H16O5/c1-7-4-8(11(15)16)10(13(2,3)6-14)9(5-7)12(17)18/h4-5,14H,6H2,1-3H3,(H,15,16)(H,17,18). The fourth-order valence-electron chi connectivity index (χ4n) is 1.93. The molecular weight excluding hydrogens is 236 g/mol. The van der Waals surface area contributed by atoms with Crippen molar-refractivity contribution in [3.05, 3.63) is 34.4 Å². The van der Waals surface area contributed by atoms with Gasteiger partial charge in [-0.2, -0.15) is 0 Å². The van der Waals surface area contributed by atoms with Gasteiger partial charge in [0.1, 0.15) is 0 Å². The lowest BCUT2D eigenvalue weighted by atomic mass is 9.78. The molecule has 0 aliphatic carbocycles. The van der Waals surface area contributed by atoms with E-state index in [9.17, 15) is 24.9 Å². The SMILES string of the molecule is Cc1cc(C(=O)O)c(C(C)(C)CO)c(C(=O)O)c1. The Morgan fingerprint density at radius 3 is 1.78 bits per heavy atom. The number of benzene rings is 1. The van der Waals surface area contributed by atoms with E-state index < -0.39 is 17.4 Å². The second kappa shape index (κ2) is 4.78. The number of aromatic carboxylic acids is 2. The predicted molar refractivity (Wildman–Crippen MR) is 65.2 cm³/mol. The van der Waals surface area contributed by atoms with Crippen LogP contribution in [0, 0.1) is 6.92 Å². The lowest BCUT2D eigenvalue weighted by Crippen LogP contribution is -2.28. The van der Waals surface area contributed by atoms with Crippen molar-refractivity contribution < 1.29 is 24.9 Å². The third kappa shape index (κ3) is 2.51. The minimum atomic E-state index is -1.20. The van der Waals surface area contributed by atoms with Crippen LogP contribution in [0.4, 0.5) is 0 Å². The molecule has 0 unspecified atom stereocenters. The summed E-state index contributed by atoms with van der Waals surface area (Å²) >= 11 is 0. The first-order valence-electron chi connectivity index (χ1n) is 5.43. The minimum Gasteiger partial charge on any atom is -0.478 e.